The number of hydrogen-bond donors (Lipinski definition) is 1. The van der Waals surface area contributed by atoms with E-state index in [-0.39, 0.29) is 91.3 Å². The van der Waals surface area contributed by atoms with Crippen LogP contribution in [0.2, 0.25) is 0 Å². The zero-order chi connectivity index (χ0) is 55.2. The van der Waals surface area contributed by atoms with Crippen LogP contribution < -0.4 is 0 Å². The summed E-state index contributed by atoms with van der Waals surface area (Å²) in [7, 11) is 1.91. The van der Waals surface area contributed by atoms with Gasteiger partial charge in [-0.3, -0.25) is 28.8 Å². The number of hydrogen-bond acceptors (Lipinski definition) is 16. The number of rotatable bonds is 49. The van der Waals surface area contributed by atoms with Crippen molar-refractivity contribution in [1.82, 2.24) is 9.80 Å². The topological polar surface area (TPSA) is 211 Å². The van der Waals surface area contributed by atoms with Crippen LogP contribution in [-0.2, 0) is 61.9 Å². The molecule has 0 unspecified atom stereocenters. The van der Waals surface area contributed by atoms with Crippen LogP contribution in [0, 0.1) is 11.8 Å². The van der Waals surface area contributed by atoms with E-state index in [1.165, 1.54) is 4.90 Å². The van der Waals surface area contributed by atoms with E-state index in [0.29, 0.717) is 51.6 Å². The molecule has 0 aliphatic carbocycles. The quantitative estimate of drug-likeness (QED) is 0.0341. The highest BCUT2D eigenvalue weighted by molar-refractivity contribution is 5.74. The molecule has 1 fully saturated rings. The Labute approximate surface area is 452 Å². The van der Waals surface area contributed by atoms with Crippen LogP contribution in [0.25, 0.3) is 0 Å². The van der Waals surface area contributed by atoms with Crippen molar-refractivity contribution in [2.75, 3.05) is 72.9 Å². The third-order valence-corrected chi connectivity index (χ3v) is 13.4. The second-order valence-electron chi connectivity index (χ2n) is 20.8. The Kier molecular flexibility index (Phi) is 43.5. The minimum absolute atomic E-state index is 0.0755. The third-order valence-electron chi connectivity index (χ3n) is 13.4. The Bertz CT molecular complexity index is 1360. The summed E-state index contributed by atoms with van der Waals surface area (Å²) in [5, 5.41) is 9.17. The highest BCUT2D eigenvalue weighted by Crippen LogP contribution is 2.23. The largest absolute Gasteiger partial charge is 0.465 e. The van der Waals surface area contributed by atoms with Crippen LogP contribution in [-0.4, -0.2) is 142 Å². The maximum atomic E-state index is 13.8. The van der Waals surface area contributed by atoms with Gasteiger partial charge < -0.3 is 48.1 Å². The molecule has 0 aromatic heterocycles. The highest BCUT2D eigenvalue weighted by atomic mass is 16.6. The number of unbranched alkanes of at least 4 members (excludes halogenated alkanes) is 20. The van der Waals surface area contributed by atoms with Crippen molar-refractivity contribution in [3.05, 3.63) is 0 Å². The number of amides is 1. The molecule has 17 heteroatoms. The van der Waals surface area contributed by atoms with E-state index in [4.69, 9.17) is 38.3 Å². The van der Waals surface area contributed by atoms with Crippen molar-refractivity contribution < 1.29 is 71.8 Å². The van der Waals surface area contributed by atoms with E-state index in [0.717, 1.165) is 128 Å². The van der Waals surface area contributed by atoms with Crippen LogP contribution >= 0.6 is 0 Å². The average Bonchev–Trinajstić information content (AvgIpc) is 3.78. The van der Waals surface area contributed by atoms with Gasteiger partial charge in [0.15, 0.2) is 12.2 Å². The van der Waals surface area contributed by atoms with Crippen LogP contribution in [0.15, 0.2) is 0 Å². The summed E-state index contributed by atoms with van der Waals surface area (Å²) >= 11 is 0. The first-order valence-corrected chi connectivity index (χ1v) is 29.6. The second kappa shape index (κ2) is 47.2. The summed E-state index contributed by atoms with van der Waals surface area (Å²) in [4.78, 5) is 95.5. The Morgan fingerprint density at radius 3 is 1.05 bits per heavy atom. The predicted molar refractivity (Wildman–Crippen MR) is 289 cm³/mol. The lowest BCUT2D eigenvalue weighted by Gasteiger charge is -2.22. The molecule has 1 saturated heterocycles. The smallest absolute Gasteiger partial charge is 0.410 e. The van der Waals surface area contributed by atoms with E-state index in [1.54, 1.807) is 0 Å². The van der Waals surface area contributed by atoms with Crippen molar-refractivity contribution in [2.24, 2.45) is 11.8 Å². The van der Waals surface area contributed by atoms with Gasteiger partial charge in [0.05, 0.1) is 59.0 Å². The summed E-state index contributed by atoms with van der Waals surface area (Å²) in [6.07, 6.45) is 22.5. The van der Waals surface area contributed by atoms with Crippen molar-refractivity contribution in [1.29, 1.82) is 0 Å². The minimum atomic E-state index is -1.12. The Hall–Kier alpha value is -3.99. The fraction of sp³-hybridized carbons (Fsp3) is 0.879. The fourth-order valence-corrected chi connectivity index (χ4v) is 8.72. The molecule has 0 saturated carbocycles. The number of esters is 6. The van der Waals surface area contributed by atoms with Gasteiger partial charge in [0, 0.05) is 57.2 Å². The van der Waals surface area contributed by atoms with E-state index in [9.17, 15) is 33.6 Å². The van der Waals surface area contributed by atoms with Crippen LogP contribution in [0.1, 0.15) is 233 Å². The summed E-state index contributed by atoms with van der Waals surface area (Å²) < 4.78 is 39.9. The predicted octanol–water partition coefficient (Wildman–Crippen LogP) is 11.2. The molecule has 1 aliphatic rings. The number of ether oxygens (including phenoxy) is 7. The fourth-order valence-electron chi connectivity index (χ4n) is 8.72. The maximum Gasteiger partial charge on any atom is 0.410 e. The monoisotopic (exact) mass is 1070 g/mol. The van der Waals surface area contributed by atoms with Crippen molar-refractivity contribution in [3.8, 4) is 0 Å². The number of aliphatic hydroxyl groups is 1. The number of carbonyl (C=O) groups excluding carboxylic acids is 7. The first-order chi connectivity index (χ1) is 36.3. The van der Waals surface area contributed by atoms with Crippen LogP contribution in [0.3, 0.4) is 0 Å². The Morgan fingerprint density at radius 1 is 0.427 bits per heavy atom. The number of carbonyl (C=O) groups is 7. The van der Waals surface area contributed by atoms with Gasteiger partial charge in [-0.15, -0.1) is 0 Å². The molecule has 0 radical (unpaired) electrons. The summed E-state index contributed by atoms with van der Waals surface area (Å²) in [6, 6.07) is 0. The molecule has 1 aliphatic heterocycles. The van der Waals surface area contributed by atoms with Crippen LogP contribution in [0.4, 0.5) is 4.79 Å². The van der Waals surface area contributed by atoms with Gasteiger partial charge in [-0.2, -0.15) is 0 Å². The lowest BCUT2D eigenvalue weighted by atomic mass is 10.1. The highest BCUT2D eigenvalue weighted by Gasteiger charge is 2.42. The first-order valence-electron chi connectivity index (χ1n) is 29.6. The molecule has 0 bridgehead atoms. The van der Waals surface area contributed by atoms with Crippen LogP contribution in [0.5, 0.6) is 0 Å². The molecule has 1 heterocycles. The summed E-state index contributed by atoms with van der Waals surface area (Å²) in [5.74, 6) is -4.57. The summed E-state index contributed by atoms with van der Waals surface area (Å²) in [6.45, 7) is 9.03. The Morgan fingerprint density at radius 2 is 0.733 bits per heavy atom. The SMILES string of the molecule is CCCCCCCCC(=O)OCC(COC(=O)CCCCCCCC)CC(=O)O[C@H]1CN(C(=O)OCCCN(C)CCCO)C[C@H]1OC(=O)CC(COC(=O)CCCCCCCC)COC(=O)CCCCCCCC. The lowest BCUT2D eigenvalue weighted by molar-refractivity contribution is -0.167. The molecule has 436 valence electrons. The number of nitrogens with zero attached hydrogens (tertiary/aromatic N) is 2. The van der Waals surface area contributed by atoms with E-state index >= 15 is 0 Å². The normalized spacial score (nSPS) is 14.3. The van der Waals surface area contributed by atoms with Gasteiger partial charge >= 0.3 is 41.9 Å². The van der Waals surface area contributed by atoms with Crippen molar-refractivity contribution >= 4 is 41.9 Å². The number of likely N-dealkylation sites (tertiary alicyclic amines) is 1. The second-order valence-corrected chi connectivity index (χ2v) is 20.8. The molecule has 2 atom stereocenters. The zero-order valence-corrected chi connectivity index (χ0v) is 47.6. The van der Waals surface area contributed by atoms with Gasteiger partial charge in [-0.05, 0) is 45.6 Å². The van der Waals surface area contributed by atoms with Gasteiger partial charge in [0.1, 0.15) is 0 Å². The third kappa shape index (κ3) is 39.1. The molecule has 75 heavy (non-hydrogen) atoms. The van der Waals surface area contributed by atoms with Crippen molar-refractivity contribution in [3.63, 3.8) is 0 Å². The maximum absolute atomic E-state index is 13.8. The summed E-state index contributed by atoms with van der Waals surface area (Å²) in [5.41, 5.74) is 0. The lowest BCUT2D eigenvalue weighted by Crippen LogP contribution is -2.36. The van der Waals surface area contributed by atoms with E-state index in [1.807, 2.05) is 11.9 Å². The molecule has 0 spiro atoms. The Balaban J connectivity index is 3.19. The van der Waals surface area contributed by atoms with E-state index in [2.05, 4.69) is 27.7 Å². The van der Waals surface area contributed by atoms with Crippen molar-refractivity contribution in [2.45, 2.75) is 245 Å². The number of aliphatic hydroxyl groups excluding tert-OH is 1. The van der Waals surface area contributed by atoms with Gasteiger partial charge in [-0.25, -0.2) is 4.79 Å². The molecular formula is C58H104N2O15. The average molecular weight is 1070 g/mol. The molecule has 1 rings (SSSR count). The first kappa shape index (κ1) is 69.0. The van der Waals surface area contributed by atoms with Gasteiger partial charge in [0.25, 0.3) is 0 Å². The molecule has 1 amide bonds. The van der Waals surface area contributed by atoms with Gasteiger partial charge in [-0.1, -0.05) is 156 Å². The molecular weight excluding hydrogens is 965 g/mol. The molecule has 0 aromatic carbocycles. The molecule has 0 aromatic rings. The zero-order valence-electron chi connectivity index (χ0n) is 47.6. The van der Waals surface area contributed by atoms with Gasteiger partial charge in [0.2, 0.25) is 0 Å². The molecule has 1 N–H and O–H groups in total. The van der Waals surface area contributed by atoms with E-state index < -0.39 is 66.0 Å². The minimum Gasteiger partial charge on any atom is -0.465 e. The standard InChI is InChI=1S/C58H104N2O15/c1-6-10-14-18-22-26-32-52(62)70-44-48(45-71-53(63)33-27-23-19-15-11-7-2)40-56(66)74-50-42-60(58(68)69-39-31-37-59(5)36-30-38-61)43-51(50)75-57(67)41-49(46-72-54(64)34-28-24-20-16-12-8-3)47-73-55(65)35-29-25-21-17-13-9-4/h48-51,61H,6-47H2,1-5H3/t50-,51+. The molecule has 17 nitrogen and oxygen atoms in total.